The fraction of sp³-hybridized carbons (Fsp3) is 0.429. The zero-order chi connectivity index (χ0) is 24.3. The van der Waals surface area contributed by atoms with Gasteiger partial charge in [0.2, 0.25) is 5.91 Å². The van der Waals surface area contributed by atoms with Crippen LogP contribution >= 0.6 is 0 Å². The molecule has 180 valence electrons. The molecule has 0 spiro atoms. The van der Waals surface area contributed by atoms with Gasteiger partial charge in [-0.25, -0.2) is 0 Å². The third-order valence-corrected chi connectivity index (χ3v) is 6.36. The lowest BCUT2D eigenvalue weighted by atomic mass is 10.0. The molecule has 1 aliphatic rings. The van der Waals surface area contributed by atoms with Gasteiger partial charge in [-0.05, 0) is 62.4 Å². The van der Waals surface area contributed by atoms with Crippen LogP contribution in [-0.2, 0) is 16.1 Å². The lowest BCUT2D eigenvalue weighted by Gasteiger charge is -2.23. The van der Waals surface area contributed by atoms with Gasteiger partial charge < -0.3 is 19.9 Å². The van der Waals surface area contributed by atoms with Crippen LogP contribution in [0, 0.1) is 12.8 Å². The monoisotopic (exact) mass is 461 g/mol. The molecule has 6 heteroatoms. The number of carbonyl (C=O) groups is 2. The van der Waals surface area contributed by atoms with Crippen molar-refractivity contribution >= 4 is 28.4 Å². The number of carbonyl (C=O) groups excluding carboxylic acids is 2. The van der Waals surface area contributed by atoms with Crippen LogP contribution in [0.1, 0.15) is 61.6 Å². The molecule has 3 aromatic rings. The summed E-state index contributed by atoms with van der Waals surface area (Å²) in [4.78, 5) is 25.6. The second-order valence-corrected chi connectivity index (χ2v) is 10.1. The first-order valence-electron chi connectivity index (χ1n) is 12.1. The third-order valence-electron chi connectivity index (χ3n) is 6.36. The van der Waals surface area contributed by atoms with Crippen molar-refractivity contribution in [2.75, 3.05) is 18.5 Å². The van der Waals surface area contributed by atoms with Crippen molar-refractivity contribution < 1.29 is 14.3 Å². The van der Waals surface area contributed by atoms with Crippen molar-refractivity contribution in [2.45, 2.75) is 59.1 Å². The van der Waals surface area contributed by atoms with Crippen molar-refractivity contribution in [2.24, 2.45) is 5.92 Å². The van der Waals surface area contributed by atoms with Gasteiger partial charge >= 0.3 is 0 Å². The molecule has 1 atom stereocenters. The highest BCUT2D eigenvalue weighted by Crippen LogP contribution is 2.27. The molecular weight excluding hydrogens is 426 g/mol. The summed E-state index contributed by atoms with van der Waals surface area (Å²) in [6.45, 7) is 9.97. The quantitative estimate of drug-likeness (QED) is 0.479. The molecule has 0 bridgehead atoms. The molecule has 4 rings (SSSR count). The Morgan fingerprint density at radius 3 is 2.68 bits per heavy atom. The molecule has 34 heavy (non-hydrogen) atoms. The molecular formula is C28H35N3O3. The van der Waals surface area contributed by atoms with Crippen LogP contribution in [0.4, 0.5) is 5.69 Å². The number of anilines is 1. The van der Waals surface area contributed by atoms with E-state index in [1.807, 2.05) is 44.2 Å². The van der Waals surface area contributed by atoms with Gasteiger partial charge in [-0.15, -0.1) is 0 Å². The molecule has 0 unspecified atom stereocenters. The summed E-state index contributed by atoms with van der Waals surface area (Å²) in [5.74, 6) is 0.169. The molecule has 1 fully saturated rings. The Bertz CT molecular complexity index is 1190. The van der Waals surface area contributed by atoms with Gasteiger partial charge in [0.05, 0.1) is 5.60 Å². The van der Waals surface area contributed by atoms with Gasteiger partial charge in [0.25, 0.3) is 5.91 Å². The maximum Gasteiger partial charge on any atom is 0.268 e. The average Bonchev–Trinajstić information content (AvgIpc) is 3.36. The van der Waals surface area contributed by atoms with Gasteiger partial charge in [-0.1, -0.05) is 43.7 Å². The molecule has 0 saturated carbocycles. The van der Waals surface area contributed by atoms with E-state index in [0.717, 1.165) is 41.6 Å². The van der Waals surface area contributed by atoms with E-state index in [1.54, 1.807) is 0 Å². The average molecular weight is 462 g/mol. The highest BCUT2D eigenvalue weighted by Gasteiger charge is 2.30. The topological polar surface area (TPSA) is 72.4 Å². The molecule has 1 aliphatic heterocycles. The minimum absolute atomic E-state index is 0.00341. The summed E-state index contributed by atoms with van der Waals surface area (Å²) in [6, 6.07) is 16.1. The van der Waals surface area contributed by atoms with Crippen molar-refractivity contribution in [1.29, 1.82) is 0 Å². The number of nitrogens with zero attached hydrogens (tertiary/aromatic N) is 1. The molecule has 2 amide bonds. The standard InChI is InChI=1S/C28H35N3O3/c1-19(2)13-26(32)30-23-9-10-24-22(15-23)16-25(27(33)29-18-28(4)11-6-12-34-28)31(24)17-21-8-5-7-20(3)14-21/h5,7-10,14-16,19H,6,11-13,17-18H2,1-4H3,(H,29,33)(H,30,32)/t28-/m1/s1. The smallest absolute Gasteiger partial charge is 0.268 e. The van der Waals surface area contributed by atoms with Crippen LogP contribution in [0.15, 0.2) is 48.5 Å². The van der Waals surface area contributed by atoms with Crippen LogP contribution in [0.3, 0.4) is 0 Å². The Hall–Kier alpha value is -3.12. The summed E-state index contributed by atoms with van der Waals surface area (Å²) >= 11 is 0. The summed E-state index contributed by atoms with van der Waals surface area (Å²) < 4.78 is 7.90. The zero-order valence-corrected chi connectivity index (χ0v) is 20.6. The summed E-state index contributed by atoms with van der Waals surface area (Å²) in [5.41, 5.74) is 4.30. The number of fused-ring (bicyclic) bond motifs is 1. The van der Waals surface area contributed by atoms with E-state index < -0.39 is 0 Å². The van der Waals surface area contributed by atoms with Crippen LogP contribution in [-0.4, -0.2) is 35.1 Å². The number of ether oxygens (including phenoxy) is 1. The Balaban J connectivity index is 1.64. The molecule has 1 saturated heterocycles. The highest BCUT2D eigenvalue weighted by atomic mass is 16.5. The summed E-state index contributed by atoms with van der Waals surface area (Å²) in [7, 11) is 0. The first-order valence-corrected chi connectivity index (χ1v) is 12.1. The van der Waals surface area contributed by atoms with Crippen molar-refractivity contribution in [1.82, 2.24) is 9.88 Å². The maximum atomic E-state index is 13.3. The lowest BCUT2D eigenvalue weighted by Crippen LogP contribution is -2.40. The molecule has 0 aliphatic carbocycles. The number of aryl methyl sites for hydroxylation is 1. The maximum absolute atomic E-state index is 13.3. The predicted molar refractivity (Wildman–Crippen MR) is 136 cm³/mol. The SMILES string of the molecule is Cc1cccc(Cn2c(C(=O)NC[C@@]3(C)CCCO3)cc3cc(NC(=O)CC(C)C)ccc32)c1. The van der Waals surface area contributed by atoms with Crippen LogP contribution in [0.5, 0.6) is 0 Å². The Morgan fingerprint density at radius 1 is 1.15 bits per heavy atom. The van der Waals surface area contributed by atoms with E-state index in [4.69, 9.17) is 4.74 Å². The lowest BCUT2D eigenvalue weighted by molar-refractivity contribution is -0.116. The van der Waals surface area contributed by atoms with Gasteiger partial charge in [-0.2, -0.15) is 0 Å². The number of benzene rings is 2. The third kappa shape index (κ3) is 5.68. The first-order chi connectivity index (χ1) is 16.2. The zero-order valence-electron chi connectivity index (χ0n) is 20.6. The van der Waals surface area contributed by atoms with Crippen LogP contribution in [0.25, 0.3) is 10.9 Å². The highest BCUT2D eigenvalue weighted by molar-refractivity contribution is 6.00. The molecule has 1 aromatic heterocycles. The van der Waals surface area contributed by atoms with Crippen LogP contribution < -0.4 is 10.6 Å². The van der Waals surface area contributed by atoms with Gasteiger partial charge in [0, 0.05) is 42.7 Å². The number of nitrogens with one attached hydrogen (secondary N) is 2. The number of aromatic nitrogens is 1. The van der Waals surface area contributed by atoms with E-state index in [2.05, 4.69) is 47.2 Å². The molecule has 6 nitrogen and oxygen atoms in total. The minimum Gasteiger partial charge on any atom is -0.373 e. The van der Waals surface area contributed by atoms with E-state index in [0.29, 0.717) is 31.1 Å². The van der Waals surface area contributed by atoms with Crippen molar-refractivity contribution in [3.05, 3.63) is 65.4 Å². The van der Waals surface area contributed by atoms with Crippen molar-refractivity contribution in [3.63, 3.8) is 0 Å². The fourth-order valence-electron chi connectivity index (χ4n) is 4.62. The van der Waals surface area contributed by atoms with Crippen molar-refractivity contribution in [3.8, 4) is 0 Å². The molecule has 2 aromatic carbocycles. The fourth-order valence-corrected chi connectivity index (χ4v) is 4.62. The first kappa shape index (κ1) is 24.0. The molecule has 0 radical (unpaired) electrons. The number of hydrogen-bond donors (Lipinski definition) is 2. The molecule has 2 heterocycles. The number of rotatable bonds is 8. The Morgan fingerprint density at radius 2 is 1.97 bits per heavy atom. The minimum atomic E-state index is -0.309. The Labute approximate surface area is 201 Å². The van der Waals surface area contributed by atoms with Gasteiger partial charge in [0.1, 0.15) is 5.69 Å². The van der Waals surface area contributed by atoms with Crippen LogP contribution in [0.2, 0.25) is 0 Å². The second kappa shape index (κ2) is 10.0. The van der Waals surface area contributed by atoms with E-state index in [9.17, 15) is 9.59 Å². The largest absolute Gasteiger partial charge is 0.373 e. The summed E-state index contributed by atoms with van der Waals surface area (Å²) in [6.07, 6.45) is 2.44. The second-order valence-electron chi connectivity index (χ2n) is 10.1. The predicted octanol–water partition coefficient (Wildman–Crippen LogP) is 5.28. The number of hydrogen-bond acceptors (Lipinski definition) is 3. The van der Waals surface area contributed by atoms with E-state index in [1.165, 1.54) is 5.56 Å². The number of amides is 2. The van der Waals surface area contributed by atoms with Gasteiger partial charge in [-0.3, -0.25) is 9.59 Å². The van der Waals surface area contributed by atoms with Gasteiger partial charge in [0.15, 0.2) is 0 Å². The van der Waals surface area contributed by atoms with E-state index >= 15 is 0 Å². The summed E-state index contributed by atoms with van der Waals surface area (Å²) in [5, 5.41) is 7.00. The Kier molecular flexibility index (Phi) is 7.08. The molecule has 2 N–H and O–H groups in total. The normalized spacial score (nSPS) is 17.9. The van der Waals surface area contributed by atoms with E-state index in [-0.39, 0.29) is 17.4 Å².